The van der Waals surface area contributed by atoms with Crippen LogP contribution in [0, 0.1) is 23.7 Å². The monoisotopic (exact) mass is 846 g/mol. The van der Waals surface area contributed by atoms with E-state index in [4.69, 9.17) is 4.74 Å². The second-order valence-corrected chi connectivity index (χ2v) is 17.0. The van der Waals surface area contributed by atoms with E-state index in [-0.39, 0.29) is 30.4 Å². The Labute approximate surface area is 353 Å². The maximum Gasteiger partial charge on any atom is 0.410 e. The molecule has 2 fully saturated rings. The average molecular weight is 848 g/mol. The van der Waals surface area contributed by atoms with Crippen molar-refractivity contribution < 1.29 is 19.1 Å². The van der Waals surface area contributed by atoms with Gasteiger partial charge in [-0.1, -0.05) is 124 Å². The van der Waals surface area contributed by atoms with Gasteiger partial charge < -0.3 is 24.3 Å². The number of para-hydroxylation sites is 2. The van der Waals surface area contributed by atoms with E-state index >= 15 is 0 Å². The zero-order valence-electron chi connectivity index (χ0n) is 35.8. The molecule has 9 heteroatoms. The molecule has 0 N–H and O–H groups in total. The molecule has 0 bridgehead atoms. The molecule has 2 saturated heterocycles. The summed E-state index contributed by atoms with van der Waals surface area (Å²) < 4.78 is 5.48. The molecule has 3 aromatic carbocycles. The minimum Gasteiger partial charge on any atom is -0.445 e. The molecule has 0 unspecified atom stereocenters. The van der Waals surface area contributed by atoms with Gasteiger partial charge >= 0.3 is 6.09 Å². The summed E-state index contributed by atoms with van der Waals surface area (Å²) in [6.45, 7) is 19.5. The van der Waals surface area contributed by atoms with Crippen LogP contribution in [0.2, 0.25) is 0 Å². The highest BCUT2D eigenvalue weighted by Gasteiger charge is 2.28. The Hall–Kier alpha value is -3.69. The van der Waals surface area contributed by atoms with E-state index in [1.807, 2.05) is 115 Å². The van der Waals surface area contributed by atoms with Gasteiger partial charge in [0.25, 0.3) is 0 Å². The molecule has 2 atom stereocenters. The minimum absolute atomic E-state index is 0.106. The Morgan fingerprint density at radius 3 is 1.61 bits per heavy atom. The summed E-state index contributed by atoms with van der Waals surface area (Å²) in [6, 6.07) is 29.6. The average Bonchev–Trinajstić information content (AvgIpc) is 3.24. The number of nitrogens with zero attached hydrogens (tertiary/aromatic N) is 4. The van der Waals surface area contributed by atoms with Crippen LogP contribution in [0.25, 0.3) is 0 Å². The maximum atomic E-state index is 12.5. The smallest absolute Gasteiger partial charge is 0.410 e. The predicted molar refractivity (Wildman–Crippen MR) is 241 cm³/mol. The number of alkyl halides is 1. The van der Waals surface area contributed by atoms with Crippen molar-refractivity contribution in [3.8, 4) is 0 Å². The highest BCUT2D eigenvalue weighted by atomic mass is 79.9. The van der Waals surface area contributed by atoms with Crippen molar-refractivity contribution in [2.75, 3.05) is 60.9 Å². The van der Waals surface area contributed by atoms with Gasteiger partial charge in [-0.2, -0.15) is 0 Å². The van der Waals surface area contributed by atoms with Crippen molar-refractivity contribution in [2.24, 2.45) is 23.7 Å². The van der Waals surface area contributed by atoms with Crippen molar-refractivity contribution in [2.45, 2.75) is 99.5 Å². The normalized spacial score (nSPS) is 16.8. The van der Waals surface area contributed by atoms with Crippen molar-refractivity contribution in [3.05, 3.63) is 96.6 Å². The lowest BCUT2D eigenvalue weighted by Gasteiger charge is -2.36. The lowest BCUT2D eigenvalue weighted by atomic mass is 9.96. The molecule has 0 spiro atoms. The summed E-state index contributed by atoms with van der Waals surface area (Å²) >= 11 is 3.35. The Balaban J connectivity index is 0.000000271. The largest absolute Gasteiger partial charge is 0.445 e. The number of carbonyl (C=O) groups is 3. The number of carbonyl (C=O) groups excluding carboxylic acids is 3. The molecule has 2 heterocycles. The fourth-order valence-electron chi connectivity index (χ4n) is 7.17. The first-order valence-corrected chi connectivity index (χ1v) is 22.6. The lowest BCUT2D eigenvalue weighted by molar-refractivity contribution is -0.119. The number of benzene rings is 3. The molecule has 8 nitrogen and oxygen atoms in total. The van der Waals surface area contributed by atoms with Gasteiger partial charge in [0.15, 0.2) is 0 Å². The Bertz CT molecular complexity index is 1540. The van der Waals surface area contributed by atoms with Gasteiger partial charge in [0.2, 0.25) is 11.8 Å². The van der Waals surface area contributed by atoms with Crippen molar-refractivity contribution >= 4 is 45.2 Å². The van der Waals surface area contributed by atoms with Gasteiger partial charge in [-0.15, -0.1) is 0 Å². The van der Waals surface area contributed by atoms with E-state index in [9.17, 15) is 14.4 Å². The van der Waals surface area contributed by atoms with Crippen LogP contribution in [0.5, 0.6) is 0 Å². The zero-order valence-corrected chi connectivity index (χ0v) is 37.4. The number of hydrogen-bond donors (Lipinski definition) is 0. The molecule has 3 amide bonds. The minimum atomic E-state index is -0.276. The van der Waals surface area contributed by atoms with Crippen LogP contribution < -0.4 is 9.80 Å². The van der Waals surface area contributed by atoms with Gasteiger partial charge in [0.1, 0.15) is 6.61 Å². The zero-order chi connectivity index (χ0) is 41.4. The van der Waals surface area contributed by atoms with Gasteiger partial charge in [-0.3, -0.25) is 9.59 Å². The van der Waals surface area contributed by atoms with E-state index in [1.54, 1.807) is 4.90 Å². The number of hydrogen-bond acceptors (Lipinski definition) is 5. The molecule has 314 valence electrons. The van der Waals surface area contributed by atoms with Crippen LogP contribution in [0.3, 0.4) is 0 Å². The molecule has 0 saturated carbocycles. The molecular weight excluding hydrogens is 776 g/mol. The van der Waals surface area contributed by atoms with E-state index in [1.165, 1.54) is 38.8 Å². The highest BCUT2D eigenvalue weighted by molar-refractivity contribution is 9.09. The van der Waals surface area contributed by atoms with Crippen molar-refractivity contribution in [3.63, 3.8) is 0 Å². The summed E-state index contributed by atoms with van der Waals surface area (Å²) in [4.78, 5) is 45.6. The molecule has 57 heavy (non-hydrogen) atoms. The molecule has 5 rings (SSSR count). The van der Waals surface area contributed by atoms with Crippen LogP contribution >= 0.6 is 15.9 Å². The number of halogens is 1. The molecule has 3 aromatic rings. The summed E-state index contributed by atoms with van der Waals surface area (Å²) in [5.74, 6) is 2.79. The predicted octanol–water partition coefficient (Wildman–Crippen LogP) is 11.1. The number of anilines is 2. The van der Waals surface area contributed by atoms with E-state index < -0.39 is 0 Å². The quantitative estimate of drug-likeness (QED) is 0.142. The van der Waals surface area contributed by atoms with Gasteiger partial charge in [-0.05, 0) is 105 Å². The molecule has 0 radical (unpaired) electrons. The van der Waals surface area contributed by atoms with Crippen molar-refractivity contribution in [1.29, 1.82) is 0 Å². The third kappa shape index (κ3) is 18.2. The van der Waals surface area contributed by atoms with Crippen LogP contribution in [0.4, 0.5) is 16.2 Å². The Morgan fingerprint density at radius 2 is 1.16 bits per heavy atom. The lowest BCUT2D eigenvalue weighted by Crippen LogP contribution is -2.45. The molecule has 2 aliphatic rings. The number of ether oxygens (including phenoxy) is 1. The fourth-order valence-corrected chi connectivity index (χ4v) is 8.09. The second kappa shape index (κ2) is 27.1. The van der Waals surface area contributed by atoms with Crippen molar-refractivity contribution in [1.82, 2.24) is 9.80 Å². The number of amides is 3. The summed E-state index contributed by atoms with van der Waals surface area (Å²) in [7, 11) is 0. The number of likely N-dealkylation sites (tertiary alicyclic amines) is 2. The van der Waals surface area contributed by atoms with E-state index in [0.717, 1.165) is 60.0 Å². The number of rotatable bonds is 15. The first-order valence-electron chi connectivity index (χ1n) is 21.5. The van der Waals surface area contributed by atoms with Crippen LogP contribution in [-0.2, 0) is 20.9 Å². The topological polar surface area (TPSA) is 73.4 Å². The summed E-state index contributed by atoms with van der Waals surface area (Å²) in [5, 5.41) is 1.14. The molecule has 0 aromatic heterocycles. The van der Waals surface area contributed by atoms with Crippen LogP contribution in [-0.4, -0.2) is 78.9 Å². The van der Waals surface area contributed by atoms with Gasteiger partial charge in [-0.25, -0.2) is 4.79 Å². The maximum absolute atomic E-state index is 12.5. The van der Waals surface area contributed by atoms with Gasteiger partial charge in [0, 0.05) is 62.3 Å². The Kier molecular flexibility index (Phi) is 22.7. The third-order valence-corrected chi connectivity index (χ3v) is 11.0. The fraction of sp³-hybridized carbons (Fsp3) is 0.562. The van der Waals surface area contributed by atoms with E-state index in [2.05, 4.69) is 48.5 Å². The highest BCUT2D eigenvalue weighted by Crippen LogP contribution is 2.24. The first kappa shape index (κ1) is 47.7. The molecular formula is C48H71BrN4O4. The third-order valence-electron chi connectivity index (χ3n) is 10.5. The molecule has 2 aliphatic heterocycles. The van der Waals surface area contributed by atoms with E-state index in [0.29, 0.717) is 38.4 Å². The molecule has 0 aliphatic carbocycles. The summed E-state index contributed by atoms with van der Waals surface area (Å²) in [5.41, 5.74) is 2.94. The first-order chi connectivity index (χ1) is 27.5. The SMILES string of the molecule is CC(C)CCBr.CCC(=O)N(C[C@@H]1CCCN(C(=O)OCc2ccccc2)C1)c1ccccc1.CCC(=O)N(C[C@@H]1CCCN(CCC(C)C)C1)c1ccccc1. The standard InChI is InChI=1S/C23H28N2O3.C20H32N2O.C5H11Br/c1-2-22(26)25(21-13-7-4-8-14-21)17-20-12-9-15-24(16-20)23(27)28-18-19-10-5-3-6-11-19;1-4-20(23)22(19-10-6-5-7-11-19)16-18-9-8-13-21(15-18)14-12-17(2)3;1-5(2)3-4-6/h3-8,10-11,13-14,20H,2,9,12,15-18H2,1H3;5-7,10-11,17-18H,4,8-9,12-16H2,1-3H3;5H,3-4H2,1-2H3/t20-;18-;/m11./s1. The Morgan fingerprint density at radius 1 is 0.684 bits per heavy atom. The number of piperidine rings is 2. The van der Waals surface area contributed by atoms with Crippen LogP contribution in [0.15, 0.2) is 91.0 Å². The van der Waals surface area contributed by atoms with Crippen LogP contribution in [0.1, 0.15) is 98.5 Å². The second-order valence-electron chi connectivity index (χ2n) is 16.2. The summed E-state index contributed by atoms with van der Waals surface area (Å²) in [6.07, 6.45) is 7.73. The van der Waals surface area contributed by atoms with Gasteiger partial charge in [0.05, 0.1) is 0 Å².